The third-order valence-corrected chi connectivity index (χ3v) is 6.88. The Hall–Kier alpha value is -1.16. The van der Waals surface area contributed by atoms with Crippen molar-refractivity contribution in [3.8, 4) is 0 Å². The first-order valence-electron chi connectivity index (χ1n) is 7.68. The Labute approximate surface area is 165 Å². The molecule has 1 amide bonds. The summed E-state index contributed by atoms with van der Waals surface area (Å²) < 4.78 is 27.7. The van der Waals surface area contributed by atoms with Crippen molar-refractivity contribution in [1.29, 1.82) is 0 Å². The topological polar surface area (TPSA) is 57.7 Å². The highest BCUT2D eigenvalue weighted by atomic mass is 127. The van der Waals surface area contributed by atoms with Crippen molar-refractivity contribution in [3.05, 3.63) is 62.7 Å². The molecule has 1 fully saturated rings. The van der Waals surface area contributed by atoms with E-state index in [1.165, 1.54) is 16.4 Å². The van der Waals surface area contributed by atoms with E-state index >= 15 is 0 Å². The molecule has 1 aliphatic heterocycles. The van der Waals surface area contributed by atoms with Crippen LogP contribution in [-0.4, -0.2) is 49.7 Å². The summed E-state index contributed by atoms with van der Waals surface area (Å²) in [5.41, 5.74) is 0.626. The van der Waals surface area contributed by atoms with Gasteiger partial charge < -0.3 is 4.90 Å². The molecule has 1 heterocycles. The Kier molecular flexibility index (Phi) is 5.67. The van der Waals surface area contributed by atoms with Crippen LogP contribution in [0.15, 0.2) is 53.4 Å². The van der Waals surface area contributed by atoms with Crippen LogP contribution < -0.4 is 0 Å². The zero-order valence-corrected chi connectivity index (χ0v) is 17.0. The van der Waals surface area contributed by atoms with Gasteiger partial charge >= 0.3 is 0 Å². The standard InChI is InChI=1S/C17H16ClIN2O3S/c18-14-4-6-16(7-5-14)25(23,24)21-10-8-20(9-11-21)17(22)13-2-1-3-15(19)12-13/h1-7,12H,8-11H2. The molecule has 1 saturated heterocycles. The SMILES string of the molecule is O=C(c1cccc(I)c1)N1CCN(S(=O)(=O)c2ccc(Cl)cc2)CC1. The number of carbonyl (C=O) groups excluding carboxylic acids is 1. The van der Waals surface area contributed by atoms with E-state index in [2.05, 4.69) is 22.6 Å². The second-order valence-electron chi connectivity index (χ2n) is 5.66. The zero-order valence-electron chi connectivity index (χ0n) is 13.2. The highest BCUT2D eigenvalue weighted by molar-refractivity contribution is 14.1. The number of amides is 1. The third kappa shape index (κ3) is 4.16. The lowest BCUT2D eigenvalue weighted by atomic mass is 10.2. The van der Waals surface area contributed by atoms with E-state index in [4.69, 9.17) is 11.6 Å². The average Bonchev–Trinajstić information content (AvgIpc) is 2.61. The molecular formula is C17H16ClIN2O3S. The van der Waals surface area contributed by atoms with Gasteiger partial charge in [-0.3, -0.25) is 4.79 Å². The van der Waals surface area contributed by atoms with Gasteiger partial charge in [-0.05, 0) is 65.1 Å². The second kappa shape index (κ2) is 7.61. The lowest BCUT2D eigenvalue weighted by molar-refractivity contribution is 0.0698. The predicted octanol–water partition coefficient (Wildman–Crippen LogP) is 3.09. The van der Waals surface area contributed by atoms with Gasteiger partial charge in [-0.2, -0.15) is 4.31 Å². The largest absolute Gasteiger partial charge is 0.336 e. The van der Waals surface area contributed by atoms with Crippen LogP contribution in [0.2, 0.25) is 5.02 Å². The number of piperazine rings is 1. The minimum atomic E-state index is -3.56. The third-order valence-electron chi connectivity index (χ3n) is 4.05. The van der Waals surface area contributed by atoms with Crippen molar-refractivity contribution < 1.29 is 13.2 Å². The van der Waals surface area contributed by atoms with E-state index in [-0.39, 0.29) is 23.9 Å². The van der Waals surface area contributed by atoms with Crippen molar-refractivity contribution in [3.63, 3.8) is 0 Å². The summed E-state index contributed by atoms with van der Waals surface area (Å²) in [6, 6.07) is 13.5. The van der Waals surface area contributed by atoms with Gasteiger partial charge in [0.25, 0.3) is 5.91 Å². The van der Waals surface area contributed by atoms with Crippen LogP contribution in [0.4, 0.5) is 0 Å². The van der Waals surface area contributed by atoms with Gasteiger partial charge in [0.2, 0.25) is 10.0 Å². The zero-order chi connectivity index (χ0) is 18.0. The number of halogens is 2. The highest BCUT2D eigenvalue weighted by Gasteiger charge is 2.30. The molecule has 2 aromatic rings. The first kappa shape index (κ1) is 18.6. The van der Waals surface area contributed by atoms with Gasteiger partial charge in [0, 0.05) is 40.3 Å². The van der Waals surface area contributed by atoms with Crippen LogP contribution in [0.25, 0.3) is 0 Å². The molecule has 132 valence electrons. The molecule has 3 rings (SSSR count). The van der Waals surface area contributed by atoms with Crippen LogP contribution in [0.1, 0.15) is 10.4 Å². The Morgan fingerprint density at radius 3 is 2.24 bits per heavy atom. The van der Waals surface area contributed by atoms with Crippen LogP contribution in [-0.2, 0) is 10.0 Å². The van der Waals surface area contributed by atoms with Gasteiger partial charge in [0.1, 0.15) is 0 Å². The van der Waals surface area contributed by atoms with Gasteiger partial charge in [-0.25, -0.2) is 8.42 Å². The summed E-state index contributed by atoms with van der Waals surface area (Å²) in [4.78, 5) is 14.5. The van der Waals surface area contributed by atoms with Crippen LogP contribution in [0, 0.1) is 3.57 Å². The monoisotopic (exact) mass is 490 g/mol. The summed E-state index contributed by atoms with van der Waals surface area (Å²) in [7, 11) is -3.56. The summed E-state index contributed by atoms with van der Waals surface area (Å²) in [6.07, 6.45) is 0. The number of carbonyl (C=O) groups is 1. The van der Waals surface area contributed by atoms with Crippen LogP contribution in [0.3, 0.4) is 0 Å². The fourth-order valence-corrected chi connectivity index (χ4v) is 4.78. The molecule has 8 heteroatoms. The Morgan fingerprint density at radius 2 is 1.64 bits per heavy atom. The molecule has 0 aliphatic carbocycles. The highest BCUT2D eigenvalue weighted by Crippen LogP contribution is 2.20. The van der Waals surface area contributed by atoms with Gasteiger partial charge in [0.05, 0.1) is 4.90 Å². The fourth-order valence-electron chi connectivity index (χ4n) is 2.69. The summed E-state index contributed by atoms with van der Waals surface area (Å²) >= 11 is 7.98. The van der Waals surface area contributed by atoms with Gasteiger partial charge in [0.15, 0.2) is 0 Å². The molecule has 0 saturated carbocycles. The molecule has 0 spiro atoms. The van der Waals surface area contributed by atoms with E-state index in [1.807, 2.05) is 18.2 Å². The molecule has 0 N–H and O–H groups in total. The maximum Gasteiger partial charge on any atom is 0.253 e. The lowest BCUT2D eigenvalue weighted by Crippen LogP contribution is -2.50. The van der Waals surface area contributed by atoms with E-state index in [1.54, 1.807) is 23.1 Å². The molecule has 0 atom stereocenters. The van der Waals surface area contributed by atoms with Crippen molar-refractivity contribution in [2.45, 2.75) is 4.90 Å². The van der Waals surface area contributed by atoms with Gasteiger partial charge in [-0.1, -0.05) is 17.7 Å². The first-order chi connectivity index (χ1) is 11.9. The minimum absolute atomic E-state index is 0.0675. The van der Waals surface area contributed by atoms with Crippen LogP contribution >= 0.6 is 34.2 Å². The molecule has 0 aromatic heterocycles. The molecule has 0 bridgehead atoms. The van der Waals surface area contributed by atoms with Crippen molar-refractivity contribution >= 4 is 50.1 Å². The smallest absolute Gasteiger partial charge is 0.253 e. The number of hydrogen-bond donors (Lipinski definition) is 0. The molecular weight excluding hydrogens is 475 g/mol. The minimum Gasteiger partial charge on any atom is -0.336 e. The molecule has 0 radical (unpaired) electrons. The fraction of sp³-hybridized carbons (Fsp3) is 0.235. The normalized spacial score (nSPS) is 16.0. The Morgan fingerprint density at radius 1 is 1.00 bits per heavy atom. The van der Waals surface area contributed by atoms with E-state index in [0.29, 0.717) is 23.7 Å². The van der Waals surface area contributed by atoms with Crippen molar-refractivity contribution in [2.24, 2.45) is 0 Å². The Balaban J connectivity index is 1.69. The molecule has 1 aliphatic rings. The number of sulfonamides is 1. The summed E-state index contributed by atoms with van der Waals surface area (Å²) in [5.74, 6) is -0.0675. The number of hydrogen-bond acceptors (Lipinski definition) is 3. The molecule has 2 aromatic carbocycles. The number of rotatable bonds is 3. The second-order valence-corrected chi connectivity index (χ2v) is 9.28. The van der Waals surface area contributed by atoms with E-state index in [9.17, 15) is 13.2 Å². The average molecular weight is 491 g/mol. The Bertz CT molecular complexity index is 879. The quantitative estimate of drug-likeness (QED) is 0.622. The van der Waals surface area contributed by atoms with Crippen LogP contribution in [0.5, 0.6) is 0 Å². The first-order valence-corrected chi connectivity index (χ1v) is 10.6. The van der Waals surface area contributed by atoms with E-state index < -0.39 is 10.0 Å². The molecule has 5 nitrogen and oxygen atoms in total. The van der Waals surface area contributed by atoms with Gasteiger partial charge in [-0.15, -0.1) is 0 Å². The summed E-state index contributed by atoms with van der Waals surface area (Å²) in [6.45, 7) is 1.30. The lowest BCUT2D eigenvalue weighted by Gasteiger charge is -2.34. The van der Waals surface area contributed by atoms with Crippen molar-refractivity contribution in [2.75, 3.05) is 26.2 Å². The number of nitrogens with zero attached hydrogens (tertiary/aromatic N) is 2. The maximum absolute atomic E-state index is 12.7. The predicted molar refractivity (Wildman–Crippen MR) is 105 cm³/mol. The molecule has 25 heavy (non-hydrogen) atoms. The number of benzene rings is 2. The molecule has 0 unspecified atom stereocenters. The van der Waals surface area contributed by atoms with E-state index in [0.717, 1.165) is 3.57 Å². The maximum atomic E-state index is 12.7. The van der Waals surface area contributed by atoms with Crippen molar-refractivity contribution in [1.82, 2.24) is 9.21 Å². The summed E-state index contributed by atoms with van der Waals surface area (Å²) in [5, 5.41) is 0.492.